The van der Waals surface area contributed by atoms with Crippen LogP contribution in [-0.2, 0) is 18.7 Å². The van der Waals surface area contributed by atoms with Gasteiger partial charge in [-0.15, -0.1) is 0 Å². The van der Waals surface area contributed by atoms with Crippen LogP contribution in [0, 0.1) is 23.7 Å². The first kappa shape index (κ1) is 24.9. The lowest BCUT2D eigenvalue weighted by atomic mass is 9.64. The Balaban J connectivity index is 2.10. The molecule has 0 spiro atoms. The Labute approximate surface area is 190 Å². The van der Waals surface area contributed by atoms with Gasteiger partial charge in [0.2, 0.25) is 5.79 Å². The summed E-state index contributed by atoms with van der Waals surface area (Å²) in [5.74, 6) is 0.353. The van der Waals surface area contributed by atoms with Gasteiger partial charge in [-0.25, -0.2) is 0 Å². The minimum atomic E-state index is -2.06. The summed E-state index contributed by atoms with van der Waals surface area (Å²) in [4.78, 5) is 13.6. The molecule has 3 rings (SSSR count). The Hall–Kier alpha value is -0.753. The van der Waals surface area contributed by atoms with Gasteiger partial charge < -0.3 is 13.9 Å². The van der Waals surface area contributed by atoms with Crippen molar-refractivity contribution in [2.24, 2.45) is 23.7 Å². The fourth-order valence-electron chi connectivity index (χ4n) is 5.44. The van der Waals surface area contributed by atoms with E-state index in [9.17, 15) is 4.79 Å². The number of hydrogen-bond donors (Lipinski definition) is 0. The van der Waals surface area contributed by atoms with E-state index in [2.05, 4.69) is 67.6 Å². The fraction of sp³-hybridized carbons (Fsp3) is 0.808. The van der Waals surface area contributed by atoms with Crippen molar-refractivity contribution in [3.05, 3.63) is 23.8 Å². The fourth-order valence-corrected chi connectivity index (χ4v) is 6.84. The summed E-state index contributed by atoms with van der Waals surface area (Å²) in [5.41, 5.74) is 0.705. The lowest BCUT2D eigenvalue weighted by molar-refractivity contribution is -0.230. The van der Waals surface area contributed by atoms with Crippen LogP contribution in [-0.4, -0.2) is 38.7 Å². The standard InChI is InChI=1S/C26H44O4Si/c1-17(2)19-12-11-18(3)20-16-23(29-31(9,10)24(4,5)6)25(7)13-14-26(28-8,30-25)22(27)15-21(19)20/h11,13-14,17,19-21,23H,12,15-16H2,1-10H3/t19-,20+,21-,23+,25+,26-/m1/s1. The lowest BCUT2D eigenvalue weighted by Gasteiger charge is -2.46. The highest BCUT2D eigenvalue weighted by molar-refractivity contribution is 6.74. The van der Waals surface area contributed by atoms with Gasteiger partial charge in [0.1, 0.15) is 5.60 Å². The molecule has 0 aromatic rings. The molecule has 4 nitrogen and oxygen atoms in total. The van der Waals surface area contributed by atoms with Crippen molar-refractivity contribution in [2.45, 2.75) is 103 Å². The number of ketones is 1. The van der Waals surface area contributed by atoms with Crippen LogP contribution in [0.25, 0.3) is 0 Å². The van der Waals surface area contributed by atoms with Crippen LogP contribution in [0.4, 0.5) is 0 Å². The Bertz CT molecular complexity index is 762. The Morgan fingerprint density at radius 3 is 2.42 bits per heavy atom. The molecule has 1 saturated heterocycles. The molecule has 6 atom stereocenters. The molecule has 31 heavy (non-hydrogen) atoms. The van der Waals surface area contributed by atoms with E-state index in [4.69, 9.17) is 13.9 Å². The molecule has 0 aromatic heterocycles. The smallest absolute Gasteiger partial charge is 0.250 e. The van der Waals surface area contributed by atoms with Crippen molar-refractivity contribution in [1.29, 1.82) is 0 Å². The van der Waals surface area contributed by atoms with Gasteiger partial charge >= 0.3 is 0 Å². The van der Waals surface area contributed by atoms with Gasteiger partial charge in [0.15, 0.2) is 14.1 Å². The molecule has 0 saturated carbocycles. The second-order valence-electron chi connectivity index (χ2n) is 12.1. The van der Waals surface area contributed by atoms with E-state index < -0.39 is 19.7 Å². The molecular weight excluding hydrogens is 404 g/mol. The van der Waals surface area contributed by atoms with Gasteiger partial charge in [0.25, 0.3) is 0 Å². The molecular formula is C26H44O4Si. The van der Waals surface area contributed by atoms with Gasteiger partial charge in [-0.1, -0.05) is 46.3 Å². The summed E-state index contributed by atoms with van der Waals surface area (Å²) in [6.45, 7) is 20.3. The zero-order chi connectivity index (χ0) is 23.4. The Kier molecular flexibility index (Phi) is 6.61. The van der Waals surface area contributed by atoms with Crippen LogP contribution in [0.15, 0.2) is 23.8 Å². The quantitative estimate of drug-likeness (QED) is 0.375. The number of methoxy groups -OCH3 is 1. The number of carbonyl (C=O) groups excluding carboxylic acids is 1. The molecule has 0 aromatic carbocycles. The summed E-state index contributed by atoms with van der Waals surface area (Å²) >= 11 is 0. The molecule has 5 heteroatoms. The molecule has 3 aliphatic rings. The average Bonchev–Trinajstić information content (AvgIpc) is 3.02. The van der Waals surface area contributed by atoms with Crippen molar-refractivity contribution < 1.29 is 18.7 Å². The number of rotatable bonds is 4. The molecule has 1 fully saturated rings. The van der Waals surface area contributed by atoms with E-state index in [0.29, 0.717) is 24.2 Å². The third-order valence-electron chi connectivity index (χ3n) is 8.69. The van der Waals surface area contributed by atoms with Gasteiger partial charge in [0, 0.05) is 13.5 Å². The summed E-state index contributed by atoms with van der Waals surface area (Å²) in [5, 5.41) is 0.0928. The van der Waals surface area contributed by atoms with E-state index in [0.717, 1.165) is 12.8 Å². The molecule has 1 aliphatic carbocycles. The van der Waals surface area contributed by atoms with E-state index >= 15 is 0 Å². The summed E-state index contributed by atoms with van der Waals surface area (Å²) in [7, 11) is -0.480. The van der Waals surface area contributed by atoms with Crippen molar-refractivity contribution >= 4 is 14.1 Å². The number of carbonyl (C=O) groups is 1. The predicted octanol–water partition coefficient (Wildman–Crippen LogP) is 6.28. The highest BCUT2D eigenvalue weighted by atomic mass is 28.4. The van der Waals surface area contributed by atoms with Crippen LogP contribution in [0.2, 0.25) is 18.1 Å². The van der Waals surface area contributed by atoms with Crippen molar-refractivity contribution in [3.8, 4) is 0 Å². The van der Waals surface area contributed by atoms with E-state index in [1.54, 1.807) is 7.11 Å². The summed E-state index contributed by atoms with van der Waals surface area (Å²) < 4.78 is 19.3. The van der Waals surface area contributed by atoms with Gasteiger partial charge in [0.05, 0.1) is 6.10 Å². The number of fused-ring (bicyclic) bond motifs is 3. The topological polar surface area (TPSA) is 44.8 Å². The SMILES string of the molecule is CO[C@]12C=C[C@](C)(O1)[C@@H](O[Si](C)(C)C(C)(C)C)C[C@H]1C(C)=CC[C@H](C(C)C)[C@H]1CC2=O. The second kappa shape index (κ2) is 8.23. The van der Waals surface area contributed by atoms with Crippen LogP contribution in [0.1, 0.15) is 67.7 Å². The largest absolute Gasteiger partial charge is 0.411 e. The van der Waals surface area contributed by atoms with Crippen molar-refractivity contribution in [2.75, 3.05) is 7.11 Å². The number of hydrogen-bond acceptors (Lipinski definition) is 4. The maximum atomic E-state index is 13.6. The average molecular weight is 449 g/mol. The molecule has 0 radical (unpaired) electrons. The molecule has 0 N–H and O–H groups in total. The van der Waals surface area contributed by atoms with E-state index in [1.165, 1.54) is 5.57 Å². The van der Waals surface area contributed by atoms with Crippen LogP contribution < -0.4 is 0 Å². The summed E-state index contributed by atoms with van der Waals surface area (Å²) in [6.07, 6.45) is 8.54. The van der Waals surface area contributed by atoms with Crippen LogP contribution in [0.5, 0.6) is 0 Å². The summed E-state index contributed by atoms with van der Waals surface area (Å²) in [6, 6.07) is 0. The predicted molar refractivity (Wildman–Crippen MR) is 128 cm³/mol. The van der Waals surface area contributed by atoms with Gasteiger partial charge in [-0.05, 0) is 80.6 Å². The minimum Gasteiger partial charge on any atom is -0.411 e. The van der Waals surface area contributed by atoms with Crippen LogP contribution in [0.3, 0.4) is 0 Å². The minimum absolute atomic E-state index is 0.0401. The number of Topliss-reactive ketones (excluding diaryl/α,β-unsaturated/α-hetero) is 1. The highest BCUT2D eigenvalue weighted by Gasteiger charge is 2.56. The van der Waals surface area contributed by atoms with E-state index in [-0.39, 0.29) is 22.8 Å². The Morgan fingerprint density at radius 2 is 1.87 bits per heavy atom. The monoisotopic (exact) mass is 448 g/mol. The first-order valence-corrected chi connectivity index (χ1v) is 14.9. The zero-order valence-corrected chi connectivity index (χ0v) is 22.4. The van der Waals surface area contributed by atoms with Crippen molar-refractivity contribution in [1.82, 2.24) is 0 Å². The first-order chi connectivity index (χ1) is 14.2. The molecule has 176 valence electrons. The zero-order valence-electron chi connectivity index (χ0n) is 21.4. The third kappa shape index (κ3) is 4.40. The number of allylic oxidation sites excluding steroid dienone is 2. The molecule has 0 amide bonds. The van der Waals surface area contributed by atoms with Crippen molar-refractivity contribution in [3.63, 3.8) is 0 Å². The highest BCUT2D eigenvalue weighted by Crippen LogP contribution is 2.50. The normalized spacial score (nSPS) is 39.1. The van der Waals surface area contributed by atoms with Crippen LogP contribution >= 0.6 is 0 Å². The molecule has 2 aliphatic heterocycles. The molecule has 0 unspecified atom stereocenters. The number of ether oxygens (including phenoxy) is 2. The molecule has 2 heterocycles. The first-order valence-electron chi connectivity index (χ1n) is 12.0. The maximum absolute atomic E-state index is 13.6. The Morgan fingerprint density at radius 1 is 1.23 bits per heavy atom. The van der Waals surface area contributed by atoms with E-state index in [1.807, 2.05) is 12.2 Å². The van der Waals surface area contributed by atoms with Gasteiger partial charge in [-0.3, -0.25) is 4.79 Å². The van der Waals surface area contributed by atoms with Gasteiger partial charge in [-0.2, -0.15) is 0 Å². The molecule has 2 bridgehead atoms. The third-order valence-corrected chi connectivity index (χ3v) is 13.2. The second-order valence-corrected chi connectivity index (χ2v) is 16.8. The maximum Gasteiger partial charge on any atom is 0.250 e. The lowest BCUT2D eigenvalue weighted by Crippen LogP contribution is -2.53.